The van der Waals surface area contributed by atoms with Crippen molar-refractivity contribution in [3.8, 4) is 0 Å². The zero-order valence-electron chi connectivity index (χ0n) is 11.4. The molecule has 2 nitrogen and oxygen atoms in total. The van der Waals surface area contributed by atoms with E-state index in [-0.39, 0.29) is 11.9 Å². The van der Waals surface area contributed by atoms with E-state index < -0.39 is 0 Å². The first-order valence-electron chi connectivity index (χ1n) is 6.52. The molecule has 0 spiro atoms. The summed E-state index contributed by atoms with van der Waals surface area (Å²) in [6.45, 7) is 6.44. The third-order valence-corrected chi connectivity index (χ3v) is 3.68. The molecule has 1 aromatic rings. The molecule has 0 saturated heterocycles. The van der Waals surface area contributed by atoms with Crippen LogP contribution in [0.25, 0.3) is 0 Å². The third-order valence-electron chi connectivity index (χ3n) is 2.90. The van der Waals surface area contributed by atoms with E-state index in [2.05, 4.69) is 42.0 Å². The molecule has 1 amide bonds. The number of benzene rings is 1. The summed E-state index contributed by atoms with van der Waals surface area (Å²) in [4.78, 5) is 12.1. The lowest BCUT2D eigenvalue weighted by atomic mass is 10.0. The molecule has 1 aromatic carbocycles. The Bertz CT molecular complexity index is 373. The van der Waals surface area contributed by atoms with Crippen molar-refractivity contribution in [1.29, 1.82) is 0 Å². The molecule has 0 radical (unpaired) electrons. The third kappa shape index (κ3) is 4.81. The lowest BCUT2D eigenvalue weighted by Gasteiger charge is -2.18. The lowest BCUT2D eigenvalue weighted by Crippen LogP contribution is -2.37. The highest BCUT2D eigenvalue weighted by molar-refractivity contribution is 9.09. The molecular formula is C15H22BrNO. The second-order valence-corrected chi connectivity index (χ2v) is 5.65. The molecule has 0 heterocycles. The van der Waals surface area contributed by atoms with Crippen LogP contribution in [-0.4, -0.2) is 17.3 Å². The van der Waals surface area contributed by atoms with Crippen LogP contribution in [0.4, 0.5) is 0 Å². The summed E-state index contributed by atoms with van der Waals surface area (Å²) in [5.41, 5.74) is 1.99. The molecule has 1 N–H and O–H groups in total. The zero-order chi connectivity index (χ0) is 13.5. The van der Waals surface area contributed by atoms with Crippen LogP contribution in [0, 0.1) is 5.92 Å². The molecule has 0 saturated carbocycles. The van der Waals surface area contributed by atoms with Crippen LogP contribution in [0.1, 0.15) is 43.1 Å². The molecule has 18 heavy (non-hydrogen) atoms. The van der Waals surface area contributed by atoms with Gasteiger partial charge in [0.1, 0.15) is 0 Å². The SMILES string of the molecule is CCc1ccc(C(=O)NC(CBr)CC(C)C)cc1. The quantitative estimate of drug-likeness (QED) is 0.796. The molecule has 1 rings (SSSR count). The minimum atomic E-state index is 0.0164. The molecule has 0 aliphatic heterocycles. The number of hydrogen-bond acceptors (Lipinski definition) is 1. The minimum Gasteiger partial charge on any atom is -0.348 e. The van der Waals surface area contributed by atoms with Crippen molar-refractivity contribution < 1.29 is 4.79 Å². The van der Waals surface area contributed by atoms with E-state index in [1.807, 2.05) is 24.3 Å². The minimum absolute atomic E-state index is 0.0164. The van der Waals surface area contributed by atoms with Gasteiger partial charge in [0.05, 0.1) is 0 Å². The highest BCUT2D eigenvalue weighted by Crippen LogP contribution is 2.09. The summed E-state index contributed by atoms with van der Waals surface area (Å²) in [7, 11) is 0. The van der Waals surface area contributed by atoms with Crippen molar-refractivity contribution >= 4 is 21.8 Å². The second kappa shape index (κ2) is 7.57. The van der Waals surface area contributed by atoms with Crippen LogP contribution in [-0.2, 0) is 6.42 Å². The average molecular weight is 312 g/mol. The number of alkyl halides is 1. The van der Waals surface area contributed by atoms with Gasteiger partial charge in [-0.2, -0.15) is 0 Å². The Labute approximate surface area is 118 Å². The fourth-order valence-electron chi connectivity index (χ4n) is 1.89. The summed E-state index contributed by atoms with van der Waals surface area (Å²) >= 11 is 3.45. The van der Waals surface area contributed by atoms with Gasteiger partial charge in [-0.25, -0.2) is 0 Å². The molecule has 100 valence electrons. The predicted octanol–water partition coefficient (Wildman–Crippen LogP) is 3.79. The van der Waals surface area contributed by atoms with Crippen LogP contribution in [0.2, 0.25) is 0 Å². The standard InChI is InChI=1S/C15H22BrNO/c1-4-12-5-7-13(8-6-12)15(18)17-14(10-16)9-11(2)3/h5-8,11,14H,4,9-10H2,1-3H3,(H,17,18). The van der Waals surface area contributed by atoms with Crippen molar-refractivity contribution in [3.05, 3.63) is 35.4 Å². The number of carbonyl (C=O) groups excluding carboxylic acids is 1. The smallest absolute Gasteiger partial charge is 0.251 e. The monoisotopic (exact) mass is 311 g/mol. The normalized spacial score (nSPS) is 12.5. The van der Waals surface area contributed by atoms with E-state index in [1.54, 1.807) is 0 Å². The summed E-state index contributed by atoms with van der Waals surface area (Å²) in [5, 5.41) is 3.86. The summed E-state index contributed by atoms with van der Waals surface area (Å²) < 4.78 is 0. The zero-order valence-corrected chi connectivity index (χ0v) is 13.0. The van der Waals surface area contributed by atoms with Crippen LogP contribution >= 0.6 is 15.9 Å². The first-order valence-corrected chi connectivity index (χ1v) is 7.64. The Hall–Kier alpha value is -0.830. The maximum atomic E-state index is 12.1. The number of amides is 1. The summed E-state index contributed by atoms with van der Waals surface area (Å²) in [6, 6.07) is 8.02. The van der Waals surface area contributed by atoms with Gasteiger partial charge in [-0.05, 0) is 36.5 Å². The molecule has 1 atom stereocenters. The van der Waals surface area contributed by atoms with E-state index in [9.17, 15) is 4.79 Å². The molecule has 0 aliphatic rings. The van der Waals surface area contributed by atoms with Gasteiger partial charge < -0.3 is 5.32 Å². The van der Waals surface area contributed by atoms with Gasteiger partial charge in [0.15, 0.2) is 0 Å². The number of carbonyl (C=O) groups is 1. The van der Waals surface area contributed by atoms with Gasteiger partial charge >= 0.3 is 0 Å². The van der Waals surface area contributed by atoms with E-state index >= 15 is 0 Å². The molecule has 0 bridgehead atoms. The Morgan fingerprint density at radius 3 is 2.33 bits per heavy atom. The van der Waals surface area contributed by atoms with Gasteiger partial charge in [0.2, 0.25) is 0 Å². The Balaban J connectivity index is 2.62. The molecule has 1 unspecified atom stereocenters. The van der Waals surface area contributed by atoms with Crippen LogP contribution in [0.3, 0.4) is 0 Å². The maximum Gasteiger partial charge on any atom is 0.251 e. The van der Waals surface area contributed by atoms with Gasteiger partial charge in [-0.1, -0.05) is 48.8 Å². The highest BCUT2D eigenvalue weighted by atomic mass is 79.9. The summed E-state index contributed by atoms with van der Waals surface area (Å²) in [6.07, 6.45) is 1.99. The lowest BCUT2D eigenvalue weighted by molar-refractivity contribution is 0.0937. The Kier molecular flexibility index (Phi) is 6.41. The molecule has 0 fully saturated rings. The van der Waals surface area contributed by atoms with Crippen LogP contribution in [0.15, 0.2) is 24.3 Å². The van der Waals surface area contributed by atoms with Crippen LogP contribution < -0.4 is 5.32 Å². The fraction of sp³-hybridized carbons (Fsp3) is 0.533. The van der Waals surface area contributed by atoms with E-state index in [0.29, 0.717) is 5.92 Å². The molecule has 0 aliphatic carbocycles. The van der Waals surface area contributed by atoms with E-state index in [0.717, 1.165) is 23.7 Å². The van der Waals surface area contributed by atoms with Crippen molar-refractivity contribution in [2.45, 2.75) is 39.7 Å². The Morgan fingerprint density at radius 1 is 1.28 bits per heavy atom. The number of nitrogens with one attached hydrogen (secondary N) is 1. The van der Waals surface area contributed by atoms with Gasteiger partial charge in [0, 0.05) is 16.9 Å². The largest absolute Gasteiger partial charge is 0.348 e. The molecule has 0 aromatic heterocycles. The van der Waals surface area contributed by atoms with Crippen molar-refractivity contribution in [2.75, 3.05) is 5.33 Å². The maximum absolute atomic E-state index is 12.1. The molecular weight excluding hydrogens is 290 g/mol. The number of rotatable bonds is 6. The second-order valence-electron chi connectivity index (χ2n) is 5.00. The Morgan fingerprint density at radius 2 is 1.89 bits per heavy atom. The van der Waals surface area contributed by atoms with Crippen molar-refractivity contribution in [3.63, 3.8) is 0 Å². The number of halogens is 1. The number of aryl methyl sites for hydroxylation is 1. The van der Waals surface area contributed by atoms with Gasteiger partial charge in [0.25, 0.3) is 5.91 Å². The summed E-state index contributed by atoms with van der Waals surface area (Å²) in [5.74, 6) is 0.595. The molecule has 3 heteroatoms. The topological polar surface area (TPSA) is 29.1 Å². The highest BCUT2D eigenvalue weighted by Gasteiger charge is 2.13. The van der Waals surface area contributed by atoms with E-state index in [1.165, 1.54) is 5.56 Å². The van der Waals surface area contributed by atoms with Crippen molar-refractivity contribution in [1.82, 2.24) is 5.32 Å². The van der Waals surface area contributed by atoms with Gasteiger partial charge in [-0.3, -0.25) is 4.79 Å². The fourth-order valence-corrected chi connectivity index (χ4v) is 2.32. The van der Waals surface area contributed by atoms with Crippen LogP contribution in [0.5, 0.6) is 0 Å². The predicted molar refractivity (Wildman–Crippen MR) is 80.3 cm³/mol. The van der Waals surface area contributed by atoms with Crippen molar-refractivity contribution in [2.24, 2.45) is 5.92 Å². The number of hydrogen-bond donors (Lipinski definition) is 1. The van der Waals surface area contributed by atoms with Gasteiger partial charge in [-0.15, -0.1) is 0 Å². The first kappa shape index (κ1) is 15.2. The first-order chi connectivity index (χ1) is 8.56. The average Bonchev–Trinajstić information content (AvgIpc) is 2.37. The van der Waals surface area contributed by atoms with E-state index in [4.69, 9.17) is 0 Å².